The minimum absolute atomic E-state index is 0.0459. The molecule has 2 aromatic carbocycles. The number of piperidine rings is 1. The van der Waals surface area contributed by atoms with Crippen molar-refractivity contribution in [1.82, 2.24) is 30.9 Å². The Balaban J connectivity index is 1.25. The number of alkyl carbamates (subject to hydrolysis) is 2. The zero-order chi connectivity index (χ0) is 39.2. The Bertz CT molecular complexity index is 2060. The molecule has 0 bridgehead atoms. The van der Waals surface area contributed by atoms with E-state index >= 15 is 0 Å². The lowest BCUT2D eigenvalue weighted by Gasteiger charge is -2.32. The number of hydrogen-bond acceptors (Lipinski definition) is 10. The first-order chi connectivity index (χ1) is 25.4. The van der Waals surface area contributed by atoms with E-state index in [-0.39, 0.29) is 29.4 Å². The van der Waals surface area contributed by atoms with Crippen molar-refractivity contribution in [3.8, 4) is 0 Å². The number of nitrogens with one attached hydrogen (secondary N) is 5. The van der Waals surface area contributed by atoms with Crippen molar-refractivity contribution >= 4 is 46.7 Å². The maximum atomic E-state index is 13.5. The number of carbonyl (C=O) groups is 4. The molecule has 4 amide bonds. The number of hydrogen-bond donors (Lipinski definition) is 5. The molecule has 4 aromatic rings. The van der Waals surface area contributed by atoms with Crippen molar-refractivity contribution in [2.45, 2.75) is 84.6 Å². The van der Waals surface area contributed by atoms with Gasteiger partial charge in [0.2, 0.25) is 5.95 Å². The number of pyridine rings is 1. The van der Waals surface area contributed by atoms with Crippen molar-refractivity contribution in [3.05, 3.63) is 93.4 Å². The second kappa shape index (κ2) is 16.4. The van der Waals surface area contributed by atoms with Gasteiger partial charge in [-0.25, -0.2) is 14.6 Å². The summed E-state index contributed by atoms with van der Waals surface area (Å²) in [6.07, 6.45) is 1.81. The summed E-state index contributed by atoms with van der Waals surface area (Å²) in [7, 11) is 0. The second-order valence-electron chi connectivity index (χ2n) is 15.2. The summed E-state index contributed by atoms with van der Waals surface area (Å²) in [4.78, 5) is 78.4. The molecule has 0 radical (unpaired) electrons. The molecule has 1 fully saturated rings. The van der Waals surface area contributed by atoms with Crippen LogP contribution in [-0.4, -0.2) is 75.8 Å². The topological polar surface area (TPSA) is 197 Å². The number of ether oxygens (including phenoxy) is 2. The maximum Gasteiger partial charge on any atom is 0.407 e. The number of fused-ring (bicyclic) bond motifs is 1. The van der Waals surface area contributed by atoms with Gasteiger partial charge < -0.3 is 40.6 Å². The molecule has 1 unspecified atom stereocenters. The number of aromatic amines is 1. The molecule has 5 rings (SSSR count). The van der Waals surface area contributed by atoms with Crippen LogP contribution in [0.5, 0.6) is 0 Å². The summed E-state index contributed by atoms with van der Waals surface area (Å²) >= 11 is 0. The fraction of sp³-hybridized carbons (Fsp3) is 0.410. The molecule has 5 N–H and O–H groups in total. The van der Waals surface area contributed by atoms with Crippen LogP contribution < -0.4 is 31.7 Å². The van der Waals surface area contributed by atoms with Gasteiger partial charge in [-0.2, -0.15) is 4.98 Å². The predicted molar refractivity (Wildman–Crippen MR) is 205 cm³/mol. The molecular formula is C39H48N8O7. The zero-order valence-electron chi connectivity index (χ0n) is 31.7. The second-order valence-corrected chi connectivity index (χ2v) is 15.2. The standard InChI is InChI=1S/C39H48N8O7/c1-23-13-14-25(32(48)44-30(24-11-9-8-10-12-24)22-41-36(51)53-38(2,3)4)20-29(23)43-33(49)28-19-26-21-40-35(46-31(26)45-34(28)50)47-17-15-27(16-18-47)42-37(52)54-39(5,6)7/h8-14,19-21,27,30H,15-18,22H2,1-7H3,(H,41,51)(H,42,52)(H,43,49)(H,44,48)(H,40,45,46,50). The van der Waals surface area contributed by atoms with E-state index in [2.05, 4.69) is 36.2 Å². The van der Waals surface area contributed by atoms with Crippen LogP contribution in [0, 0.1) is 6.92 Å². The molecule has 286 valence electrons. The highest BCUT2D eigenvalue weighted by atomic mass is 16.6. The maximum absolute atomic E-state index is 13.5. The van der Waals surface area contributed by atoms with Gasteiger partial charge in [0, 0.05) is 48.5 Å². The minimum atomic E-state index is -0.684. The van der Waals surface area contributed by atoms with E-state index in [9.17, 15) is 24.0 Å². The number of amides is 4. The monoisotopic (exact) mass is 740 g/mol. The molecule has 2 aromatic heterocycles. The Morgan fingerprint density at radius 3 is 2.24 bits per heavy atom. The van der Waals surface area contributed by atoms with Crippen LogP contribution in [0.1, 0.15) is 92.3 Å². The summed E-state index contributed by atoms with van der Waals surface area (Å²) < 4.78 is 10.7. The number of benzene rings is 2. The third kappa shape index (κ3) is 10.8. The van der Waals surface area contributed by atoms with Crippen LogP contribution in [0.3, 0.4) is 0 Å². The van der Waals surface area contributed by atoms with Crippen LogP contribution in [0.2, 0.25) is 0 Å². The van der Waals surface area contributed by atoms with Gasteiger partial charge in [0.15, 0.2) is 0 Å². The van der Waals surface area contributed by atoms with Crippen LogP contribution in [-0.2, 0) is 9.47 Å². The largest absolute Gasteiger partial charge is 0.444 e. The Hall–Kier alpha value is -5.99. The molecule has 1 atom stereocenters. The first-order valence-corrected chi connectivity index (χ1v) is 17.8. The first-order valence-electron chi connectivity index (χ1n) is 17.8. The SMILES string of the molecule is Cc1ccc(C(=O)NC(CNC(=O)OC(C)(C)C)c2ccccc2)cc1NC(=O)c1cc2cnc(N3CCC(NC(=O)OC(C)(C)C)CC3)nc2[nH]c1=O. The summed E-state index contributed by atoms with van der Waals surface area (Å²) in [6, 6.07) is 14.8. The highest BCUT2D eigenvalue weighted by Crippen LogP contribution is 2.22. The Kier molecular flexibility index (Phi) is 11.9. The van der Waals surface area contributed by atoms with Crippen molar-refractivity contribution in [1.29, 1.82) is 0 Å². The lowest BCUT2D eigenvalue weighted by Crippen LogP contribution is -2.46. The molecule has 0 aliphatic carbocycles. The number of anilines is 2. The number of aryl methyl sites for hydroxylation is 1. The molecule has 15 heteroatoms. The molecule has 3 heterocycles. The lowest BCUT2D eigenvalue weighted by atomic mass is 10.0. The summed E-state index contributed by atoms with van der Waals surface area (Å²) in [5.41, 5.74) is 0.254. The lowest BCUT2D eigenvalue weighted by molar-refractivity contribution is 0.0492. The van der Waals surface area contributed by atoms with Crippen LogP contribution in [0.4, 0.5) is 21.2 Å². The highest BCUT2D eigenvalue weighted by molar-refractivity contribution is 6.06. The zero-order valence-corrected chi connectivity index (χ0v) is 31.7. The third-order valence-corrected chi connectivity index (χ3v) is 8.43. The summed E-state index contributed by atoms with van der Waals surface area (Å²) in [6.45, 7) is 13.7. The minimum Gasteiger partial charge on any atom is -0.444 e. The van der Waals surface area contributed by atoms with E-state index in [0.717, 1.165) is 5.56 Å². The molecule has 15 nitrogen and oxygen atoms in total. The van der Waals surface area contributed by atoms with Crippen LogP contribution in [0.15, 0.2) is 65.6 Å². The number of nitrogens with zero attached hydrogens (tertiary/aromatic N) is 3. The normalized spacial score (nSPS) is 14.2. The highest BCUT2D eigenvalue weighted by Gasteiger charge is 2.26. The molecular weight excluding hydrogens is 692 g/mol. The van der Waals surface area contributed by atoms with Crippen molar-refractivity contribution < 1.29 is 28.7 Å². The van der Waals surface area contributed by atoms with E-state index in [4.69, 9.17) is 9.47 Å². The Morgan fingerprint density at radius 1 is 0.907 bits per heavy atom. The summed E-state index contributed by atoms with van der Waals surface area (Å²) in [5.74, 6) is -0.691. The van der Waals surface area contributed by atoms with Gasteiger partial charge in [0.25, 0.3) is 17.4 Å². The van der Waals surface area contributed by atoms with Gasteiger partial charge in [0.05, 0.1) is 6.04 Å². The van der Waals surface area contributed by atoms with Crippen LogP contribution >= 0.6 is 0 Å². The van der Waals surface area contributed by atoms with E-state index < -0.39 is 46.8 Å². The van der Waals surface area contributed by atoms with E-state index in [0.29, 0.717) is 48.5 Å². The molecule has 1 aliphatic rings. The fourth-order valence-electron chi connectivity index (χ4n) is 5.77. The molecule has 1 saturated heterocycles. The molecule has 0 saturated carbocycles. The number of H-pyrrole nitrogens is 1. The summed E-state index contributed by atoms with van der Waals surface area (Å²) in [5, 5.41) is 11.8. The van der Waals surface area contributed by atoms with Gasteiger partial charge in [-0.1, -0.05) is 36.4 Å². The number of rotatable bonds is 9. The first kappa shape index (κ1) is 39.2. The number of carbonyl (C=O) groups excluding carboxylic acids is 4. The van der Waals surface area contributed by atoms with E-state index in [1.165, 1.54) is 12.1 Å². The van der Waals surface area contributed by atoms with Crippen molar-refractivity contribution in [2.24, 2.45) is 0 Å². The third-order valence-electron chi connectivity index (χ3n) is 8.43. The van der Waals surface area contributed by atoms with Crippen LogP contribution in [0.25, 0.3) is 11.0 Å². The smallest absolute Gasteiger partial charge is 0.407 e. The van der Waals surface area contributed by atoms with E-state index in [1.54, 1.807) is 46.0 Å². The Labute approximate surface area is 313 Å². The average molecular weight is 741 g/mol. The van der Waals surface area contributed by atoms with Crippen molar-refractivity contribution in [2.75, 3.05) is 29.9 Å². The molecule has 1 aliphatic heterocycles. The predicted octanol–water partition coefficient (Wildman–Crippen LogP) is 5.37. The Morgan fingerprint density at radius 2 is 1.57 bits per heavy atom. The fourth-order valence-corrected chi connectivity index (χ4v) is 5.77. The van der Waals surface area contributed by atoms with Gasteiger partial charge >= 0.3 is 12.2 Å². The van der Waals surface area contributed by atoms with Gasteiger partial charge in [-0.15, -0.1) is 0 Å². The van der Waals surface area contributed by atoms with Crippen molar-refractivity contribution in [3.63, 3.8) is 0 Å². The van der Waals surface area contributed by atoms with Gasteiger partial charge in [0.1, 0.15) is 22.4 Å². The molecule has 54 heavy (non-hydrogen) atoms. The van der Waals surface area contributed by atoms with Gasteiger partial charge in [-0.3, -0.25) is 14.4 Å². The average Bonchev–Trinajstić information content (AvgIpc) is 3.09. The molecule has 0 spiro atoms. The van der Waals surface area contributed by atoms with E-state index in [1.807, 2.05) is 56.0 Å². The van der Waals surface area contributed by atoms with Gasteiger partial charge in [-0.05, 0) is 90.6 Å². The quantitative estimate of drug-likeness (QED) is 0.149. The number of aromatic nitrogens is 3.